The molecular formula is C16H17FO2. The summed E-state index contributed by atoms with van der Waals surface area (Å²) < 4.78 is 18.2. The predicted octanol–water partition coefficient (Wildman–Crippen LogP) is 3.42. The van der Waals surface area contributed by atoms with Gasteiger partial charge in [0, 0.05) is 6.42 Å². The fourth-order valence-corrected chi connectivity index (χ4v) is 2.15. The molecule has 0 saturated heterocycles. The molecule has 100 valence electrons. The average Bonchev–Trinajstić information content (AvgIpc) is 2.38. The molecule has 0 bridgehead atoms. The van der Waals surface area contributed by atoms with Crippen LogP contribution in [-0.4, -0.2) is 12.2 Å². The molecule has 1 N–H and O–H groups in total. The van der Waals surface area contributed by atoms with Crippen molar-refractivity contribution >= 4 is 0 Å². The van der Waals surface area contributed by atoms with Crippen LogP contribution in [0.25, 0.3) is 0 Å². The molecule has 1 atom stereocenters. The zero-order chi connectivity index (χ0) is 13.8. The minimum atomic E-state index is -0.646. The molecule has 2 aromatic carbocycles. The number of hydrogen-bond donors (Lipinski definition) is 1. The quantitative estimate of drug-likeness (QED) is 0.912. The first-order valence-corrected chi connectivity index (χ1v) is 6.17. The van der Waals surface area contributed by atoms with Crippen molar-refractivity contribution in [1.29, 1.82) is 0 Å². The summed E-state index contributed by atoms with van der Waals surface area (Å²) in [7, 11) is 1.61. The van der Waals surface area contributed by atoms with E-state index < -0.39 is 6.10 Å². The summed E-state index contributed by atoms with van der Waals surface area (Å²) in [6.07, 6.45) is -0.170. The normalized spacial score (nSPS) is 12.2. The lowest BCUT2D eigenvalue weighted by atomic mass is 9.97. The lowest BCUT2D eigenvalue weighted by Gasteiger charge is -2.14. The van der Waals surface area contributed by atoms with Gasteiger partial charge in [-0.2, -0.15) is 0 Å². The molecule has 2 aromatic rings. The highest BCUT2D eigenvalue weighted by atomic mass is 19.1. The number of halogens is 1. The molecule has 0 heterocycles. The highest BCUT2D eigenvalue weighted by Crippen LogP contribution is 2.23. The van der Waals surface area contributed by atoms with Gasteiger partial charge in [0.05, 0.1) is 13.2 Å². The van der Waals surface area contributed by atoms with Crippen molar-refractivity contribution in [2.45, 2.75) is 19.4 Å². The molecule has 0 aliphatic carbocycles. The summed E-state index contributed by atoms with van der Waals surface area (Å²) in [5.41, 5.74) is 2.50. The lowest BCUT2D eigenvalue weighted by Crippen LogP contribution is -2.04. The fourth-order valence-electron chi connectivity index (χ4n) is 2.15. The van der Waals surface area contributed by atoms with Gasteiger partial charge in [0.25, 0.3) is 0 Å². The maximum Gasteiger partial charge on any atom is 0.123 e. The second-order valence-electron chi connectivity index (χ2n) is 4.57. The van der Waals surface area contributed by atoms with E-state index in [1.165, 1.54) is 12.1 Å². The third-order valence-electron chi connectivity index (χ3n) is 3.15. The van der Waals surface area contributed by atoms with E-state index in [4.69, 9.17) is 4.74 Å². The van der Waals surface area contributed by atoms with Gasteiger partial charge in [-0.25, -0.2) is 4.39 Å². The Labute approximate surface area is 112 Å². The molecular weight excluding hydrogens is 243 g/mol. The van der Waals surface area contributed by atoms with Crippen molar-refractivity contribution in [1.82, 2.24) is 0 Å². The number of aryl methyl sites for hydroxylation is 1. The smallest absolute Gasteiger partial charge is 0.123 e. The van der Waals surface area contributed by atoms with Crippen LogP contribution in [0.3, 0.4) is 0 Å². The summed E-state index contributed by atoms with van der Waals surface area (Å²) in [5, 5.41) is 10.2. The lowest BCUT2D eigenvalue weighted by molar-refractivity contribution is 0.177. The summed E-state index contributed by atoms with van der Waals surface area (Å²) in [5.74, 6) is 0.482. The predicted molar refractivity (Wildman–Crippen MR) is 72.8 cm³/mol. The summed E-state index contributed by atoms with van der Waals surface area (Å²) in [6, 6.07) is 12.0. The van der Waals surface area contributed by atoms with Gasteiger partial charge in [0.1, 0.15) is 11.6 Å². The van der Waals surface area contributed by atoms with Crippen LogP contribution in [0.5, 0.6) is 5.75 Å². The summed E-state index contributed by atoms with van der Waals surface area (Å²) in [4.78, 5) is 0. The Morgan fingerprint density at radius 3 is 2.68 bits per heavy atom. The van der Waals surface area contributed by atoms with Crippen LogP contribution in [0, 0.1) is 12.7 Å². The van der Waals surface area contributed by atoms with Gasteiger partial charge >= 0.3 is 0 Å². The number of hydrogen-bond acceptors (Lipinski definition) is 2. The molecule has 0 saturated carbocycles. The Balaban J connectivity index is 2.17. The van der Waals surface area contributed by atoms with Gasteiger partial charge in [0.2, 0.25) is 0 Å². The number of methoxy groups -OCH3 is 1. The standard InChI is InChI=1S/C16H17FO2/c1-11-8-13(17)6-7-15(11)16(18)10-12-4-3-5-14(9-12)19-2/h3-9,16,18H,10H2,1-2H3. The maximum atomic E-state index is 13.0. The molecule has 1 unspecified atom stereocenters. The van der Waals surface area contributed by atoms with Crippen molar-refractivity contribution in [2.75, 3.05) is 7.11 Å². The Kier molecular flexibility index (Phi) is 4.17. The topological polar surface area (TPSA) is 29.5 Å². The minimum Gasteiger partial charge on any atom is -0.497 e. The van der Waals surface area contributed by atoms with Crippen LogP contribution in [0.4, 0.5) is 4.39 Å². The average molecular weight is 260 g/mol. The molecule has 0 radical (unpaired) electrons. The number of ether oxygens (including phenoxy) is 1. The zero-order valence-corrected chi connectivity index (χ0v) is 11.1. The fraction of sp³-hybridized carbons (Fsp3) is 0.250. The monoisotopic (exact) mass is 260 g/mol. The van der Waals surface area contributed by atoms with E-state index in [2.05, 4.69) is 0 Å². The molecule has 0 aromatic heterocycles. The Hall–Kier alpha value is -1.87. The van der Waals surface area contributed by atoms with Crippen molar-refractivity contribution < 1.29 is 14.2 Å². The summed E-state index contributed by atoms with van der Waals surface area (Å²) >= 11 is 0. The third-order valence-corrected chi connectivity index (χ3v) is 3.15. The highest BCUT2D eigenvalue weighted by molar-refractivity contribution is 5.32. The first-order chi connectivity index (χ1) is 9.10. The molecule has 2 rings (SSSR count). The molecule has 2 nitrogen and oxygen atoms in total. The largest absolute Gasteiger partial charge is 0.497 e. The molecule has 3 heteroatoms. The highest BCUT2D eigenvalue weighted by Gasteiger charge is 2.12. The van der Waals surface area contributed by atoms with E-state index in [1.54, 1.807) is 20.1 Å². The van der Waals surface area contributed by atoms with E-state index >= 15 is 0 Å². The van der Waals surface area contributed by atoms with E-state index in [9.17, 15) is 9.50 Å². The van der Waals surface area contributed by atoms with Crippen molar-refractivity contribution in [2.24, 2.45) is 0 Å². The SMILES string of the molecule is COc1cccc(CC(O)c2ccc(F)cc2C)c1. The number of benzene rings is 2. The van der Waals surface area contributed by atoms with Gasteiger partial charge in [-0.1, -0.05) is 18.2 Å². The van der Waals surface area contributed by atoms with Gasteiger partial charge in [0.15, 0.2) is 0 Å². The van der Waals surface area contributed by atoms with E-state index in [1.807, 2.05) is 24.3 Å². The van der Waals surface area contributed by atoms with Gasteiger partial charge in [-0.15, -0.1) is 0 Å². The van der Waals surface area contributed by atoms with Gasteiger partial charge < -0.3 is 9.84 Å². The molecule has 0 spiro atoms. The van der Waals surface area contributed by atoms with E-state index in [-0.39, 0.29) is 5.82 Å². The van der Waals surface area contributed by atoms with Crippen molar-refractivity contribution in [3.63, 3.8) is 0 Å². The van der Waals surface area contributed by atoms with Crippen LogP contribution < -0.4 is 4.74 Å². The molecule has 0 amide bonds. The Morgan fingerprint density at radius 1 is 1.21 bits per heavy atom. The molecule has 0 aliphatic heterocycles. The van der Waals surface area contributed by atoms with Crippen LogP contribution in [0.1, 0.15) is 22.8 Å². The van der Waals surface area contributed by atoms with Crippen LogP contribution in [0.15, 0.2) is 42.5 Å². The van der Waals surface area contributed by atoms with Crippen molar-refractivity contribution in [3.8, 4) is 5.75 Å². The van der Waals surface area contributed by atoms with E-state index in [0.717, 1.165) is 22.4 Å². The number of rotatable bonds is 4. The van der Waals surface area contributed by atoms with Gasteiger partial charge in [-0.05, 0) is 47.9 Å². The van der Waals surface area contributed by atoms with Gasteiger partial charge in [-0.3, -0.25) is 0 Å². The second-order valence-corrected chi connectivity index (χ2v) is 4.57. The summed E-state index contributed by atoms with van der Waals surface area (Å²) in [6.45, 7) is 1.80. The second kappa shape index (κ2) is 5.85. The van der Waals surface area contributed by atoms with Crippen molar-refractivity contribution in [3.05, 3.63) is 65.0 Å². The first-order valence-electron chi connectivity index (χ1n) is 6.17. The van der Waals surface area contributed by atoms with E-state index in [0.29, 0.717) is 6.42 Å². The Bertz CT molecular complexity index is 566. The molecule has 0 aliphatic rings. The molecule has 19 heavy (non-hydrogen) atoms. The maximum absolute atomic E-state index is 13.0. The third kappa shape index (κ3) is 3.32. The van der Waals surface area contributed by atoms with Crippen LogP contribution >= 0.6 is 0 Å². The number of aliphatic hydroxyl groups is 1. The number of aliphatic hydroxyl groups excluding tert-OH is 1. The van der Waals surface area contributed by atoms with Crippen LogP contribution in [-0.2, 0) is 6.42 Å². The molecule has 0 fully saturated rings. The zero-order valence-electron chi connectivity index (χ0n) is 11.1. The minimum absolute atomic E-state index is 0.283. The Morgan fingerprint density at radius 2 is 2.00 bits per heavy atom. The van der Waals surface area contributed by atoms with Crippen LogP contribution in [0.2, 0.25) is 0 Å². The first kappa shape index (κ1) is 13.6.